The second kappa shape index (κ2) is 7.26. The van der Waals surface area contributed by atoms with Crippen molar-refractivity contribution < 1.29 is 9.47 Å². The summed E-state index contributed by atoms with van der Waals surface area (Å²) in [6.07, 6.45) is 1.83. The third-order valence-electron chi connectivity index (χ3n) is 2.82. The standard InChI is InChI=1S/C15H20N2O2S/c1-11(2)17-7-12-6-13(18-3)4-5-15(12)19-9-14-8-16-10-20-14/h4-6,8,10-11,17H,7,9H2,1-3H3. The number of nitrogens with zero attached hydrogens (tertiary/aromatic N) is 1. The van der Waals surface area contributed by atoms with E-state index in [2.05, 4.69) is 24.1 Å². The number of hydrogen-bond donors (Lipinski definition) is 1. The number of nitrogens with one attached hydrogen (secondary N) is 1. The molecule has 0 amide bonds. The SMILES string of the molecule is COc1ccc(OCc2cncs2)c(CNC(C)C)c1. The summed E-state index contributed by atoms with van der Waals surface area (Å²) >= 11 is 1.60. The van der Waals surface area contributed by atoms with Crippen LogP contribution >= 0.6 is 11.3 Å². The third-order valence-corrected chi connectivity index (χ3v) is 3.57. The predicted molar refractivity (Wildman–Crippen MR) is 81.4 cm³/mol. The molecule has 0 fully saturated rings. The van der Waals surface area contributed by atoms with Crippen LogP contribution < -0.4 is 14.8 Å². The Morgan fingerprint density at radius 3 is 2.85 bits per heavy atom. The maximum Gasteiger partial charge on any atom is 0.124 e. The van der Waals surface area contributed by atoms with Crippen molar-refractivity contribution in [2.75, 3.05) is 7.11 Å². The molecule has 1 aromatic heterocycles. The first kappa shape index (κ1) is 14.8. The Bertz CT molecular complexity index is 527. The lowest BCUT2D eigenvalue weighted by molar-refractivity contribution is 0.304. The van der Waals surface area contributed by atoms with E-state index in [-0.39, 0.29) is 0 Å². The van der Waals surface area contributed by atoms with Gasteiger partial charge in [-0.1, -0.05) is 13.8 Å². The average Bonchev–Trinajstić information content (AvgIpc) is 2.96. The van der Waals surface area contributed by atoms with Crippen molar-refractivity contribution in [3.8, 4) is 11.5 Å². The molecular formula is C15H20N2O2S. The van der Waals surface area contributed by atoms with Crippen molar-refractivity contribution in [2.24, 2.45) is 0 Å². The summed E-state index contributed by atoms with van der Waals surface area (Å²) in [6.45, 7) is 5.55. The summed E-state index contributed by atoms with van der Waals surface area (Å²) in [5.41, 5.74) is 2.91. The Labute approximate surface area is 123 Å². The fourth-order valence-electron chi connectivity index (χ4n) is 1.74. The molecule has 108 valence electrons. The molecule has 1 N–H and O–H groups in total. The van der Waals surface area contributed by atoms with Gasteiger partial charge in [0.05, 0.1) is 17.5 Å². The highest BCUT2D eigenvalue weighted by atomic mass is 32.1. The summed E-state index contributed by atoms with van der Waals surface area (Å²) < 4.78 is 11.2. The van der Waals surface area contributed by atoms with Crippen molar-refractivity contribution in [1.29, 1.82) is 0 Å². The van der Waals surface area contributed by atoms with Crippen molar-refractivity contribution >= 4 is 11.3 Å². The van der Waals surface area contributed by atoms with E-state index in [1.165, 1.54) is 0 Å². The minimum Gasteiger partial charge on any atom is -0.497 e. The van der Waals surface area contributed by atoms with E-state index in [0.717, 1.165) is 28.5 Å². The average molecular weight is 292 g/mol. The highest BCUT2D eigenvalue weighted by molar-refractivity contribution is 7.09. The molecule has 1 heterocycles. The molecule has 0 spiro atoms. The van der Waals surface area contributed by atoms with Gasteiger partial charge in [0.2, 0.25) is 0 Å². The Hall–Kier alpha value is -1.59. The summed E-state index contributed by atoms with van der Waals surface area (Å²) in [5, 5.41) is 3.40. The zero-order valence-electron chi connectivity index (χ0n) is 12.1. The van der Waals surface area contributed by atoms with E-state index < -0.39 is 0 Å². The minimum atomic E-state index is 0.426. The van der Waals surface area contributed by atoms with Gasteiger partial charge in [-0.2, -0.15) is 0 Å². The van der Waals surface area contributed by atoms with Crippen molar-refractivity contribution in [3.05, 3.63) is 40.3 Å². The summed E-state index contributed by atoms with van der Waals surface area (Å²) in [7, 11) is 1.67. The molecule has 1 aromatic carbocycles. The minimum absolute atomic E-state index is 0.426. The van der Waals surface area contributed by atoms with Crippen LogP contribution in [0.15, 0.2) is 29.9 Å². The van der Waals surface area contributed by atoms with Crippen LogP contribution in [0.1, 0.15) is 24.3 Å². The Balaban J connectivity index is 2.08. The fourth-order valence-corrected chi connectivity index (χ4v) is 2.24. The van der Waals surface area contributed by atoms with Crippen molar-refractivity contribution in [1.82, 2.24) is 10.3 Å². The third kappa shape index (κ3) is 4.21. The molecule has 4 nitrogen and oxygen atoms in total. The van der Waals surface area contributed by atoms with Crippen LogP contribution in [-0.4, -0.2) is 18.1 Å². The molecule has 5 heteroatoms. The highest BCUT2D eigenvalue weighted by Gasteiger charge is 2.07. The van der Waals surface area contributed by atoms with Crippen LogP contribution in [-0.2, 0) is 13.2 Å². The molecule has 20 heavy (non-hydrogen) atoms. The van der Waals surface area contributed by atoms with Gasteiger partial charge in [-0.3, -0.25) is 4.98 Å². The lowest BCUT2D eigenvalue weighted by atomic mass is 10.1. The van der Waals surface area contributed by atoms with Crippen LogP contribution in [0.5, 0.6) is 11.5 Å². The molecule has 0 saturated carbocycles. The fraction of sp³-hybridized carbons (Fsp3) is 0.400. The summed E-state index contributed by atoms with van der Waals surface area (Å²) in [5.74, 6) is 1.73. The van der Waals surface area contributed by atoms with Crippen LogP contribution in [0.4, 0.5) is 0 Å². The monoisotopic (exact) mass is 292 g/mol. The van der Waals surface area contributed by atoms with E-state index in [9.17, 15) is 0 Å². The van der Waals surface area contributed by atoms with Crippen molar-refractivity contribution in [2.45, 2.75) is 33.0 Å². The molecule has 0 saturated heterocycles. The number of methoxy groups -OCH3 is 1. The number of hydrogen-bond acceptors (Lipinski definition) is 5. The van der Waals surface area contributed by atoms with Gasteiger partial charge in [0.25, 0.3) is 0 Å². The molecule has 0 radical (unpaired) electrons. The molecule has 0 aliphatic heterocycles. The van der Waals surface area contributed by atoms with Gasteiger partial charge < -0.3 is 14.8 Å². The highest BCUT2D eigenvalue weighted by Crippen LogP contribution is 2.25. The van der Waals surface area contributed by atoms with Gasteiger partial charge >= 0.3 is 0 Å². The quantitative estimate of drug-likeness (QED) is 0.851. The molecule has 2 rings (SSSR count). The Morgan fingerprint density at radius 2 is 2.20 bits per heavy atom. The topological polar surface area (TPSA) is 43.4 Å². The second-order valence-corrected chi connectivity index (χ2v) is 5.74. The molecule has 0 aliphatic carbocycles. The first-order valence-corrected chi connectivity index (χ1v) is 7.47. The lowest BCUT2D eigenvalue weighted by Crippen LogP contribution is -2.22. The summed E-state index contributed by atoms with van der Waals surface area (Å²) in [6, 6.07) is 6.31. The van der Waals surface area contributed by atoms with E-state index >= 15 is 0 Å². The molecule has 0 unspecified atom stereocenters. The predicted octanol–water partition coefficient (Wildman–Crippen LogP) is 3.23. The zero-order chi connectivity index (χ0) is 14.4. The van der Waals surface area contributed by atoms with Crippen LogP contribution in [0.3, 0.4) is 0 Å². The van der Waals surface area contributed by atoms with Gasteiger partial charge in [-0.05, 0) is 18.2 Å². The van der Waals surface area contributed by atoms with Crippen LogP contribution in [0.2, 0.25) is 0 Å². The van der Waals surface area contributed by atoms with E-state index in [0.29, 0.717) is 12.6 Å². The summed E-state index contributed by atoms with van der Waals surface area (Å²) in [4.78, 5) is 5.16. The zero-order valence-corrected chi connectivity index (χ0v) is 12.9. The van der Waals surface area contributed by atoms with Gasteiger partial charge in [0.15, 0.2) is 0 Å². The van der Waals surface area contributed by atoms with E-state index in [4.69, 9.17) is 9.47 Å². The Morgan fingerprint density at radius 1 is 1.35 bits per heavy atom. The second-order valence-electron chi connectivity index (χ2n) is 4.77. The molecule has 0 aliphatic rings. The van der Waals surface area contributed by atoms with Gasteiger partial charge in [-0.15, -0.1) is 11.3 Å². The lowest BCUT2D eigenvalue weighted by Gasteiger charge is -2.14. The van der Waals surface area contributed by atoms with E-state index in [1.807, 2.05) is 29.9 Å². The normalized spacial score (nSPS) is 10.8. The largest absolute Gasteiger partial charge is 0.497 e. The number of aromatic nitrogens is 1. The number of ether oxygens (including phenoxy) is 2. The first-order chi connectivity index (χ1) is 9.69. The smallest absolute Gasteiger partial charge is 0.124 e. The number of benzene rings is 1. The molecule has 0 atom stereocenters. The van der Waals surface area contributed by atoms with Crippen molar-refractivity contribution in [3.63, 3.8) is 0 Å². The molecule has 2 aromatic rings. The maximum atomic E-state index is 5.89. The molecular weight excluding hydrogens is 272 g/mol. The molecule has 0 bridgehead atoms. The van der Waals surface area contributed by atoms with Crippen LogP contribution in [0, 0.1) is 0 Å². The number of thiazole rings is 1. The van der Waals surface area contributed by atoms with Gasteiger partial charge in [0, 0.05) is 24.3 Å². The first-order valence-electron chi connectivity index (χ1n) is 6.59. The van der Waals surface area contributed by atoms with E-state index in [1.54, 1.807) is 18.4 Å². The maximum absolute atomic E-state index is 5.89. The van der Waals surface area contributed by atoms with Crippen LogP contribution in [0.25, 0.3) is 0 Å². The number of rotatable bonds is 7. The van der Waals surface area contributed by atoms with Gasteiger partial charge in [-0.25, -0.2) is 0 Å². The Kier molecular flexibility index (Phi) is 5.38. The van der Waals surface area contributed by atoms with Gasteiger partial charge in [0.1, 0.15) is 18.1 Å².